The number of ketones is 1. The molecule has 0 unspecified atom stereocenters. The summed E-state index contributed by atoms with van der Waals surface area (Å²) in [6.45, 7) is 1.68. The first-order valence-corrected chi connectivity index (χ1v) is 5.41. The molecule has 2 rings (SSSR count). The van der Waals surface area contributed by atoms with Gasteiger partial charge in [-0.25, -0.2) is 4.68 Å². The molecule has 17 heavy (non-hydrogen) atoms. The van der Waals surface area contributed by atoms with Crippen molar-refractivity contribution in [1.29, 1.82) is 0 Å². The number of carbonyl (C=O) groups is 1. The maximum Gasteiger partial charge on any atom is 0.220 e. The van der Waals surface area contributed by atoms with E-state index in [4.69, 9.17) is 11.6 Å². The van der Waals surface area contributed by atoms with E-state index in [2.05, 4.69) is 5.10 Å². The first kappa shape index (κ1) is 11.7. The van der Waals surface area contributed by atoms with Gasteiger partial charge in [0.25, 0.3) is 0 Å². The minimum absolute atomic E-state index is 0.123. The lowest BCUT2D eigenvalue weighted by Crippen LogP contribution is -2.02. The van der Waals surface area contributed by atoms with Crippen LogP contribution in [0.1, 0.15) is 21.6 Å². The van der Waals surface area contributed by atoms with Crippen molar-refractivity contribution < 1.29 is 9.90 Å². The van der Waals surface area contributed by atoms with Gasteiger partial charge in [0.2, 0.25) is 5.88 Å². The van der Waals surface area contributed by atoms with E-state index in [1.165, 1.54) is 4.68 Å². The SMILES string of the molecule is Cc1nn(C)c(O)c1C(=O)c1ccc(Cl)cc1. The van der Waals surface area contributed by atoms with Gasteiger partial charge in [0.1, 0.15) is 5.56 Å². The molecule has 1 aromatic carbocycles. The molecule has 2 aromatic rings. The Hall–Kier alpha value is -1.81. The molecule has 0 bridgehead atoms. The fraction of sp³-hybridized carbons (Fsp3) is 0.167. The van der Waals surface area contributed by atoms with Gasteiger partial charge in [-0.15, -0.1) is 0 Å². The van der Waals surface area contributed by atoms with E-state index in [0.717, 1.165) is 0 Å². The number of halogens is 1. The van der Waals surface area contributed by atoms with Crippen molar-refractivity contribution in [2.75, 3.05) is 0 Å². The Bertz CT molecular complexity index is 573. The summed E-state index contributed by atoms with van der Waals surface area (Å²) in [7, 11) is 1.58. The first-order chi connectivity index (χ1) is 8.00. The van der Waals surface area contributed by atoms with E-state index in [0.29, 0.717) is 16.3 Å². The van der Waals surface area contributed by atoms with Crippen LogP contribution in [0.4, 0.5) is 0 Å². The van der Waals surface area contributed by atoms with E-state index in [1.54, 1.807) is 38.2 Å². The van der Waals surface area contributed by atoms with Crippen LogP contribution in [0, 0.1) is 6.92 Å². The minimum Gasteiger partial charge on any atom is -0.493 e. The van der Waals surface area contributed by atoms with Crippen LogP contribution in [0.3, 0.4) is 0 Å². The zero-order chi connectivity index (χ0) is 12.6. The quantitative estimate of drug-likeness (QED) is 0.833. The highest BCUT2D eigenvalue weighted by Gasteiger charge is 2.20. The van der Waals surface area contributed by atoms with E-state index in [-0.39, 0.29) is 17.2 Å². The zero-order valence-electron chi connectivity index (χ0n) is 9.44. The number of aryl methyl sites for hydroxylation is 2. The van der Waals surface area contributed by atoms with Crippen LogP contribution in [-0.2, 0) is 7.05 Å². The Morgan fingerprint density at radius 1 is 1.35 bits per heavy atom. The van der Waals surface area contributed by atoms with Crippen molar-refractivity contribution in [2.24, 2.45) is 7.05 Å². The molecular weight excluding hydrogens is 240 g/mol. The number of hydrogen-bond acceptors (Lipinski definition) is 3. The van der Waals surface area contributed by atoms with Crippen LogP contribution in [-0.4, -0.2) is 20.7 Å². The van der Waals surface area contributed by atoms with Gasteiger partial charge >= 0.3 is 0 Å². The van der Waals surface area contributed by atoms with Gasteiger partial charge in [-0.1, -0.05) is 11.6 Å². The molecule has 1 heterocycles. The maximum atomic E-state index is 12.2. The van der Waals surface area contributed by atoms with Crippen molar-refractivity contribution in [2.45, 2.75) is 6.92 Å². The van der Waals surface area contributed by atoms with Crippen molar-refractivity contribution in [1.82, 2.24) is 9.78 Å². The third-order valence-corrected chi connectivity index (χ3v) is 2.78. The molecule has 0 saturated carbocycles. The van der Waals surface area contributed by atoms with Crippen LogP contribution in [0.5, 0.6) is 5.88 Å². The summed E-state index contributed by atoms with van der Waals surface area (Å²) in [5, 5.41) is 14.3. The molecule has 0 aliphatic rings. The van der Waals surface area contributed by atoms with E-state index in [9.17, 15) is 9.90 Å². The second-order valence-corrected chi connectivity index (χ2v) is 4.18. The Kier molecular flexibility index (Phi) is 2.90. The number of carbonyl (C=O) groups excluding carboxylic acids is 1. The zero-order valence-corrected chi connectivity index (χ0v) is 10.2. The smallest absolute Gasteiger partial charge is 0.220 e. The molecule has 0 radical (unpaired) electrons. The third-order valence-electron chi connectivity index (χ3n) is 2.53. The lowest BCUT2D eigenvalue weighted by Gasteiger charge is -2.00. The summed E-state index contributed by atoms with van der Waals surface area (Å²) < 4.78 is 1.28. The van der Waals surface area contributed by atoms with Gasteiger partial charge in [0, 0.05) is 17.6 Å². The monoisotopic (exact) mass is 250 g/mol. The lowest BCUT2D eigenvalue weighted by molar-refractivity contribution is 0.103. The van der Waals surface area contributed by atoms with E-state index < -0.39 is 0 Å². The number of benzene rings is 1. The molecule has 1 aromatic heterocycles. The van der Waals surface area contributed by atoms with E-state index in [1.807, 2.05) is 0 Å². The van der Waals surface area contributed by atoms with Gasteiger partial charge in [0.05, 0.1) is 5.69 Å². The third kappa shape index (κ3) is 2.03. The van der Waals surface area contributed by atoms with Gasteiger partial charge in [-0.2, -0.15) is 5.10 Å². The number of hydrogen-bond donors (Lipinski definition) is 1. The van der Waals surface area contributed by atoms with Crippen LogP contribution in [0.25, 0.3) is 0 Å². The highest BCUT2D eigenvalue weighted by Crippen LogP contribution is 2.23. The second-order valence-electron chi connectivity index (χ2n) is 3.74. The summed E-state index contributed by atoms with van der Waals surface area (Å²) >= 11 is 5.75. The molecule has 5 heteroatoms. The minimum atomic E-state index is -0.259. The summed E-state index contributed by atoms with van der Waals surface area (Å²) in [4.78, 5) is 12.2. The number of aromatic nitrogens is 2. The highest BCUT2D eigenvalue weighted by molar-refractivity contribution is 6.30. The van der Waals surface area contributed by atoms with Crippen molar-refractivity contribution in [3.8, 4) is 5.88 Å². The van der Waals surface area contributed by atoms with Gasteiger partial charge in [-0.3, -0.25) is 4.79 Å². The summed E-state index contributed by atoms with van der Waals surface area (Å²) in [6, 6.07) is 6.52. The largest absolute Gasteiger partial charge is 0.493 e. The first-order valence-electron chi connectivity index (χ1n) is 5.03. The highest BCUT2D eigenvalue weighted by atomic mass is 35.5. The molecule has 0 fully saturated rings. The predicted molar refractivity (Wildman–Crippen MR) is 64.5 cm³/mol. The Labute approximate surface area is 103 Å². The maximum absolute atomic E-state index is 12.2. The van der Waals surface area contributed by atoms with Gasteiger partial charge in [0.15, 0.2) is 5.78 Å². The summed E-state index contributed by atoms with van der Waals surface area (Å²) in [6.07, 6.45) is 0. The summed E-state index contributed by atoms with van der Waals surface area (Å²) in [5.41, 5.74) is 1.21. The molecule has 88 valence electrons. The molecule has 0 aliphatic heterocycles. The molecule has 0 saturated heterocycles. The number of rotatable bonds is 2. The van der Waals surface area contributed by atoms with Crippen LogP contribution in [0.15, 0.2) is 24.3 Å². The van der Waals surface area contributed by atoms with Crippen molar-refractivity contribution >= 4 is 17.4 Å². The topological polar surface area (TPSA) is 55.1 Å². The number of aromatic hydroxyl groups is 1. The van der Waals surface area contributed by atoms with Crippen molar-refractivity contribution in [3.05, 3.63) is 46.1 Å². The molecule has 4 nitrogen and oxygen atoms in total. The van der Waals surface area contributed by atoms with E-state index >= 15 is 0 Å². The summed E-state index contributed by atoms with van der Waals surface area (Å²) in [5.74, 6) is -0.382. The molecule has 0 amide bonds. The molecule has 0 aliphatic carbocycles. The second kappa shape index (κ2) is 4.22. The number of nitrogens with zero attached hydrogens (tertiary/aromatic N) is 2. The predicted octanol–water partition coefficient (Wildman–Crippen LogP) is 2.32. The Morgan fingerprint density at radius 2 is 1.94 bits per heavy atom. The fourth-order valence-electron chi connectivity index (χ4n) is 1.66. The Balaban J connectivity index is 2.47. The molecular formula is C12H11ClN2O2. The Morgan fingerprint density at radius 3 is 2.41 bits per heavy atom. The average Bonchev–Trinajstić information content (AvgIpc) is 2.53. The fourth-order valence-corrected chi connectivity index (χ4v) is 1.78. The molecule has 1 N–H and O–H groups in total. The lowest BCUT2D eigenvalue weighted by atomic mass is 10.0. The molecule has 0 atom stereocenters. The molecule has 0 spiro atoms. The standard InChI is InChI=1S/C12H11ClN2O2/c1-7-10(12(17)15(2)14-7)11(16)8-3-5-9(13)6-4-8/h3-6,17H,1-2H3. The van der Waals surface area contributed by atoms with Crippen molar-refractivity contribution in [3.63, 3.8) is 0 Å². The van der Waals surface area contributed by atoms with Gasteiger partial charge in [-0.05, 0) is 31.2 Å². The normalized spacial score (nSPS) is 10.5. The average molecular weight is 251 g/mol. The van der Waals surface area contributed by atoms with Gasteiger partial charge < -0.3 is 5.11 Å². The van der Waals surface area contributed by atoms with Crippen LogP contribution < -0.4 is 0 Å². The van der Waals surface area contributed by atoms with Crippen LogP contribution >= 0.6 is 11.6 Å². The van der Waals surface area contributed by atoms with Crippen LogP contribution in [0.2, 0.25) is 5.02 Å².